The number of hydrogen-bond donors (Lipinski definition) is 1. The van der Waals surface area contributed by atoms with Crippen molar-refractivity contribution in [3.05, 3.63) is 0 Å². The lowest BCUT2D eigenvalue weighted by molar-refractivity contribution is -0.424. The van der Waals surface area contributed by atoms with Gasteiger partial charge in [-0.3, -0.25) is 4.79 Å². The largest absolute Gasteiger partial charge is 0.459 e. The molecule has 3 heterocycles. The van der Waals surface area contributed by atoms with Crippen molar-refractivity contribution in [1.82, 2.24) is 0 Å². The summed E-state index contributed by atoms with van der Waals surface area (Å²) in [4.78, 5) is 11.6. The molecule has 94 valence electrons. The summed E-state index contributed by atoms with van der Waals surface area (Å²) < 4.78 is 11.7. The maximum absolute atomic E-state index is 11.6. The molecule has 0 aromatic rings. The highest BCUT2D eigenvalue weighted by Gasteiger charge is 2.78. The molecule has 2 atom stereocenters. The van der Waals surface area contributed by atoms with Crippen LogP contribution in [0, 0.1) is 0 Å². The molecular formula is C13H18O4. The summed E-state index contributed by atoms with van der Waals surface area (Å²) in [6, 6.07) is 0. The van der Waals surface area contributed by atoms with E-state index in [9.17, 15) is 9.90 Å². The molecular weight excluding hydrogens is 220 g/mol. The van der Waals surface area contributed by atoms with E-state index in [2.05, 4.69) is 0 Å². The van der Waals surface area contributed by atoms with E-state index in [1.54, 1.807) is 0 Å². The average Bonchev–Trinajstić information content (AvgIpc) is 2.09. The second-order valence-corrected chi connectivity index (χ2v) is 6.76. The van der Waals surface area contributed by atoms with Crippen LogP contribution in [0.1, 0.15) is 51.9 Å². The second kappa shape index (κ2) is 2.54. The maximum atomic E-state index is 11.6. The van der Waals surface area contributed by atoms with Gasteiger partial charge in [-0.2, -0.15) is 0 Å². The summed E-state index contributed by atoms with van der Waals surface area (Å²) in [5.41, 5.74) is -1.45. The SMILES string of the molecule is CCC(=O)OC12CC3(O)CC4(C1)CC(C3)(C2)O4. The smallest absolute Gasteiger partial charge is 0.306 e. The quantitative estimate of drug-likeness (QED) is 0.737. The molecule has 3 saturated heterocycles. The molecule has 7 fully saturated rings. The van der Waals surface area contributed by atoms with E-state index < -0.39 is 11.2 Å². The van der Waals surface area contributed by atoms with Crippen LogP contribution in [0.3, 0.4) is 0 Å². The lowest BCUT2D eigenvalue weighted by atomic mass is 9.44. The Hall–Kier alpha value is -0.610. The molecule has 0 radical (unpaired) electrons. The highest BCUT2D eigenvalue weighted by Crippen LogP contribution is 2.72. The molecule has 4 saturated carbocycles. The van der Waals surface area contributed by atoms with E-state index in [1.807, 2.05) is 6.92 Å². The van der Waals surface area contributed by atoms with Crippen LogP contribution in [-0.4, -0.2) is 33.5 Å². The molecule has 3 aliphatic heterocycles. The number of rotatable bonds is 2. The fraction of sp³-hybridized carbons (Fsp3) is 0.923. The maximum Gasteiger partial charge on any atom is 0.306 e. The highest BCUT2D eigenvalue weighted by atomic mass is 16.6. The summed E-state index contributed by atoms with van der Waals surface area (Å²) in [7, 11) is 0. The number of ether oxygens (including phenoxy) is 2. The summed E-state index contributed by atoms with van der Waals surface area (Å²) >= 11 is 0. The van der Waals surface area contributed by atoms with Gasteiger partial charge in [-0.1, -0.05) is 6.92 Å². The zero-order valence-electron chi connectivity index (χ0n) is 10.1. The number of carbonyl (C=O) groups excluding carboxylic acids is 1. The molecule has 7 aliphatic rings. The first kappa shape index (κ1) is 10.3. The molecule has 17 heavy (non-hydrogen) atoms. The van der Waals surface area contributed by atoms with Gasteiger partial charge in [-0.15, -0.1) is 0 Å². The van der Waals surface area contributed by atoms with Crippen molar-refractivity contribution in [3.63, 3.8) is 0 Å². The van der Waals surface area contributed by atoms with Gasteiger partial charge >= 0.3 is 5.97 Å². The molecule has 4 nitrogen and oxygen atoms in total. The summed E-state index contributed by atoms with van der Waals surface area (Å²) in [6.07, 6.45) is 5.10. The topological polar surface area (TPSA) is 55.8 Å². The van der Waals surface area contributed by atoms with Gasteiger partial charge in [0, 0.05) is 44.9 Å². The zero-order chi connectivity index (χ0) is 11.9. The lowest BCUT2D eigenvalue weighted by Crippen LogP contribution is -2.82. The Morgan fingerprint density at radius 1 is 1.18 bits per heavy atom. The minimum Gasteiger partial charge on any atom is -0.459 e. The number of esters is 1. The van der Waals surface area contributed by atoms with Crippen molar-refractivity contribution in [2.75, 3.05) is 0 Å². The molecule has 4 bridgehead atoms. The Bertz CT molecular complexity index is 375. The van der Waals surface area contributed by atoms with Crippen LogP contribution in [-0.2, 0) is 14.3 Å². The van der Waals surface area contributed by atoms with Crippen molar-refractivity contribution in [2.24, 2.45) is 0 Å². The molecule has 4 aliphatic carbocycles. The lowest BCUT2D eigenvalue weighted by Gasteiger charge is -2.76. The van der Waals surface area contributed by atoms with Crippen molar-refractivity contribution in [1.29, 1.82) is 0 Å². The van der Waals surface area contributed by atoms with Crippen molar-refractivity contribution < 1.29 is 19.4 Å². The summed E-state index contributed by atoms with van der Waals surface area (Å²) in [6.45, 7) is 1.81. The third kappa shape index (κ3) is 1.18. The van der Waals surface area contributed by atoms with Crippen LogP contribution >= 0.6 is 0 Å². The van der Waals surface area contributed by atoms with Gasteiger partial charge in [0.05, 0.1) is 16.8 Å². The van der Waals surface area contributed by atoms with Gasteiger partial charge in [0.15, 0.2) is 0 Å². The number of carbonyl (C=O) groups is 1. The molecule has 2 unspecified atom stereocenters. The third-order valence-electron chi connectivity index (χ3n) is 4.94. The third-order valence-corrected chi connectivity index (χ3v) is 4.94. The first-order valence-electron chi connectivity index (χ1n) is 6.55. The molecule has 1 N–H and O–H groups in total. The molecule has 0 aromatic carbocycles. The Morgan fingerprint density at radius 3 is 2.24 bits per heavy atom. The van der Waals surface area contributed by atoms with E-state index in [0.717, 1.165) is 32.1 Å². The van der Waals surface area contributed by atoms with Gasteiger partial charge in [0.2, 0.25) is 0 Å². The van der Waals surface area contributed by atoms with Gasteiger partial charge < -0.3 is 14.6 Å². The van der Waals surface area contributed by atoms with E-state index in [1.165, 1.54) is 0 Å². The van der Waals surface area contributed by atoms with Crippen LogP contribution in [0.4, 0.5) is 0 Å². The molecule has 0 amide bonds. The van der Waals surface area contributed by atoms with Gasteiger partial charge in [0.1, 0.15) is 5.60 Å². The van der Waals surface area contributed by atoms with Gasteiger partial charge in [0.25, 0.3) is 0 Å². The predicted molar refractivity (Wildman–Crippen MR) is 58.3 cm³/mol. The fourth-order valence-electron chi connectivity index (χ4n) is 5.33. The van der Waals surface area contributed by atoms with Crippen molar-refractivity contribution in [2.45, 2.75) is 74.3 Å². The predicted octanol–water partition coefficient (Wildman–Crippen LogP) is 1.30. The minimum atomic E-state index is -0.652. The summed E-state index contributed by atoms with van der Waals surface area (Å²) in [5, 5.41) is 10.6. The van der Waals surface area contributed by atoms with E-state index >= 15 is 0 Å². The Kier molecular flexibility index (Phi) is 1.55. The van der Waals surface area contributed by atoms with Crippen LogP contribution in [0.2, 0.25) is 0 Å². The molecule has 0 aromatic heterocycles. The minimum absolute atomic E-state index is 0.150. The first-order chi connectivity index (χ1) is 7.90. The molecule has 4 heteroatoms. The van der Waals surface area contributed by atoms with E-state index in [0.29, 0.717) is 12.8 Å². The van der Waals surface area contributed by atoms with Gasteiger partial charge in [-0.05, 0) is 0 Å². The monoisotopic (exact) mass is 238 g/mol. The standard InChI is InChI=1S/C13H18O4/c1-2-9(14)16-11-3-10(15)4-12(6-11)8-13(5-10,7-11)17-12/h15H,2-8H2,1H3. The Balaban J connectivity index is 1.69. The zero-order valence-corrected chi connectivity index (χ0v) is 10.1. The normalized spacial score (nSPS) is 57.8. The Morgan fingerprint density at radius 2 is 1.76 bits per heavy atom. The second-order valence-electron chi connectivity index (χ2n) is 6.76. The van der Waals surface area contributed by atoms with Crippen LogP contribution in [0.25, 0.3) is 0 Å². The first-order valence-corrected chi connectivity index (χ1v) is 6.55. The van der Waals surface area contributed by atoms with Crippen LogP contribution < -0.4 is 0 Å². The van der Waals surface area contributed by atoms with Crippen molar-refractivity contribution in [3.8, 4) is 0 Å². The van der Waals surface area contributed by atoms with Crippen LogP contribution in [0.15, 0.2) is 0 Å². The molecule has 7 rings (SSSR count). The van der Waals surface area contributed by atoms with E-state index in [-0.39, 0.29) is 17.2 Å². The van der Waals surface area contributed by atoms with E-state index in [4.69, 9.17) is 9.47 Å². The highest BCUT2D eigenvalue weighted by molar-refractivity contribution is 5.69. The Labute approximate surface area is 100 Å². The molecule has 2 spiro atoms. The number of hydrogen-bond acceptors (Lipinski definition) is 4. The van der Waals surface area contributed by atoms with Crippen LogP contribution in [0.5, 0.6) is 0 Å². The average molecular weight is 238 g/mol. The van der Waals surface area contributed by atoms with Crippen molar-refractivity contribution >= 4 is 5.97 Å². The van der Waals surface area contributed by atoms with Gasteiger partial charge in [-0.25, -0.2) is 0 Å². The fourth-order valence-corrected chi connectivity index (χ4v) is 5.33. The summed E-state index contributed by atoms with van der Waals surface area (Å²) in [5.74, 6) is -0.150. The number of aliphatic hydroxyl groups is 1.